The molecule has 94 valence electrons. The summed E-state index contributed by atoms with van der Waals surface area (Å²) in [5.74, 6) is 0.146. The van der Waals surface area contributed by atoms with Crippen LogP contribution < -0.4 is 0 Å². The van der Waals surface area contributed by atoms with E-state index < -0.39 is 0 Å². The zero-order valence-corrected chi connectivity index (χ0v) is 12.4. The van der Waals surface area contributed by atoms with Crippen LogP contribution in [0.25, 0.3) is 0 Å². The van der Waals surface area contributed by atoms with E-state index in [2.05, 4.69) is 22.9 Å². The fraction of sp³-hybridized carbons (Fsp3) is 0.500. The highest BCUT2D eigenvalue weighted by molar-refractivity contribution is 9.09. The van der Waals surface area contributed by atoms with Gasteiger partial charge in [0, 0.05) is 24.0 Å². The van der Waals surface area contributed by atoms with Gasteiger partial charge in [0.1, 0.15) is 0 Å². The maximum Gasteiger partial charge on any atom is 0.254 e. The summed E-state index contributed by atoms with van der Waals surface area (Å²) in [6.07, 6.45) is 0.990. The van der Waals surface area contributed by atoms with Crippen LogP contribution in [0.4, 0.5) is 0 Å². The topological polar surface area (TPSA) is 20.3 Å². The molecule has 1 aromatic carbocycles. The van der Waals surface area contributed by atoms with Crippen LogP contribution in [0, 0.1) is 13.8 Å². The maximum absolute atomic E-state index is 12.4. The molecular weight excluding hydrogens is 278 g/mol. The average molecular weight is 298 g/mol. The van der Waals surface area contributed by atoms with Gasteiger partial charge in [-0.15, -0.1) is 0 Å². The summed E-state index contributed by atoms with van der Waals surface area (Å²) in [7, 11) is 0. The molecule has 0 saturated carbocycles. The lowest BCUT2D eigenvalue weighted by atomic mass is 10.0. The molecule has 0 bridgehead atoms. The Bertz CT molecular complexity index is 384. The first-order chi connectivity index (χ1) is 8.10. The van der Waals surface area contributed by atoms with Crippen LogP contribution in [-0.4, -0.2) is 29.2 Å². The molecule has 1 aromatic rings. The van der Waals surface area contributed by atoms with Gasteiger partial charge in [-0.25, -0.2) is 0 Å². The minimum absolute atomic E-state index is 0.146. The van der Waals surface area contributed by atoms with E-state index in [9.17, 15) is 4.79 Å². The largest absolute Gasteiger partial charge is 0.338 e. The van der Waals surface area contributed by atoms with Gasteiger partial charge in [-0.2, -0.15) is 0 Å². The Kier molecular flexibility index (Phi) is 5.69. The number of carbonyl (C=O) groups is 1. The van der Waals surface area contributed by atoms with Crippen LogP contribution >= 0.6 is 15.9 Å². The summed E-state index contributed by atoms with van der Waals surface area (Å²) < 4.78 is 0. The van der Waals surface area contributed by atoms with Crippen molar-refractivity contribution in [1.29, 1.82) is 0 Å². The second-order valence-electron chi connectivity index (χ2n) is 4.30. The third-order valence-electron chi connectivity index (χ3n) is 2.76. The van der Waals surface area contributed by atoms with Crippen LogP contribution in [0.3, 0.4) is 0 Å². The molecule has 0 fully saturated rings. The molecule has 0 aliphatic carbocycles. The van der Waals surface area contributed by atoms with Crippen molar-refractivity contribution in [2.75, 3.05) is 18.4 Å². The Morgan fingerprint density at radius 2 is 2.00 bits per heavy atom. The van der Waals surface area contributed by atoms with E-state index in [-0.39, 0.29) is 5.91 Å². The van der Waals surface area contributed by atoms with Crippen molar-refractivity contribution in [2.45, 2.75) is 27.2 Å². The SMILES string of the molecule is CCCN(CCBr)C(=O)c1cc(C)ccc1C. The van der Waals surface area contributed by atoms with Crippen LogP contribution in [-0.2, 0) is 0 Å². The first-order valence-electron chi connectivity index (χ1n) is 6.02. The van der Waals surface area contributed by atoms with E-state index in [1.807, 2.05) is 36.9 Å². The van der Waals surface area contributed by atoms with Gasteiger partial charge in [0.2, 0.25) is 0 Å². The molecule has 3 heteroatoms. The Balaban J connectivity index is 2.95. The average Bonchev–Trinajstić information content (AvgIpc) is 2.31. The summed E-state index contributed by atoms with van der Waals surface area (Å²) >= 11 is 3.40. The summed E-state index contributed by atoms with van der Waals surface area (Å²) in [6.45, 7) is 7.69. The van der Waals surface area contributed by atoms with Gasteiger partial charge < -0.3 is 4.90 Å². The van der Waals surface area contributed by atoms with Crippen molar-refractivity contribution < 1.29 is 4.79 Å². The molecule has 1 rings (SSSR count). The van der Waals surface area contributed by atoms with E-state index in [1.54, 1.807) is 0 Å². The van der Waals surface area contributed by atoms with Crippen LogP contribution in [0.1, 0.15) is 34.8 Å². The van der Waals surface area contributed by atoms with Crippen LogP contribution in [0.5, 0.6) is 0 Å². The zero-order chi connectivity index (χ0) is 12.8. The van der Waals surface area contributed by atoms with E-state index in [1.165, 1.54) is 0 Å². The van der Waals surface area contributed by atoms with Gasteiger partial charge >= 0.3 is 0 Å². The lowest BCUT2D eigenvalue weighted by molar-refractivity contribution is 0.0765. The summed E-state index contributed by atoms with van der Waals surface area (Å²) in [4.78, 5) is 14.3. The fourth-order valence-corrected chi connectivity index (χ4v) is 2.25. The number of hydrogen-bond donors (Lipinski definition) is 0. The molecule has 1 amide bonds. The highest BCUT2D eigenvalue weighted by Gasteiger charge is 2.16. The number of aryl methyl sites for hydroxylation is 2. The summed E-state index contributed by atoms with van der Waals surface area (Å²) in [6, 6.07) is 6.04. The predicted octanol–water partition coefficient (Wildman–Crippen LogP) is 3.55. The first-order valence-corrected chi connectivity index (χ1v) is 7.14. The molecule has 0 spiro atoms. The number of alkyl halides is 1. The molecule has 0 atom stereocenters. The van der Waals surface area contributed by atoms with Gasteiger partial charge in [-0.3, -0.25) is 4.79 Å². The molecule has 17 heavy (non-hydrogen) atoms. The minimum Gasteiger partial charge on any atom is -0.338 e. The molecule has 0 aliphatic heterocycles. The third kappa shape index (κ3) is 3.84. The number of halogens is 1. The number of rotatable bonds is 5. The predicted molar refractivity (Wildman–Crippen MR) is 75.9 cm³/mol. The summed E-state index contributed by atoms with van der Waals surface area (Å²) in [5.41, 5.74) is 3.02. The minimum atomic E-state index is 0.146. The molecule has 0 radical (unpaired) electrons. The van der Waals surface area contributed by atoms with E-state index >= 15 is 0 Å². The maximum atomic E-state index is 12.4. The standard InChI is InChI=1S/C14H20BrNO/c1-4-8-16(9-7-15)14(17)13-10-11(2)5-6-12(13)3/h5-6,10H,4,7-9H2,1-3H3. The number of carbonyl (C=O) groups excluding carboxylic acids is 1. The Morgan fingerprint density at radius 3 is 2.59 bits per heavy atom. The Morgan fingerprint density at radius 1 is 1.29 bits per heavy atom. The highest BCUT2D eigenvalue weighted by Crippen LogP contribution is 2.14. The van der Waals surface area contributed by atoms with Crippen molar-refractivity contribution in [3.8, 4) is 0 Å². The highest BCUT2D eigenvalue weighted by atomic mass is 79.9. The van der Waals surface area contributed by atoms with Crippen LogP contribution in [0.2, 0.25) is 0 Å². The van der Waals surface area contributed by atoms with Gasteiger partial charge in [-0.05, 0) is 31.9 Å². The van der Waals surface area contributed by atoms with E-state index in [0.29, 0.717) is 0 Å². The van der Waals surface area contributed by atoms with Crippen molar-refractivity contribution >= 4 is 21.8 Å². The van der Waals surface area contributed by atoms with Crippen LogP contribution in [0.15, 0.2) is 18.2 Å². The molecule has 0 N–H and O–H groups in total. The fourth-order valence-electron chi connectivity index (χ4n) is 1.82. The van der Waals surface area contributed by atoms with Crippen molar-refractivity contribution in [3.63, 3.8) is 0 Å². The third-order valence-corrected chi connectivity index (χ3v) is 3.11. The van der Waals surface area contributed by atoms with E-state index in [4.69, 9.17) is 0 Å². The normalized spacial score (nSPS) is 10.4. The second-order valence-corrected chi connectivity index (χ2v) is 5.09. The molecule has 0 aliphatic rings. The molecular formula is C14H20BrNO. The number of nitrogens with zero attached hydrogens (tertiary/aromatic N) is 1. The molecule has 0 saturated heterocycles. The molecule has 0 aromatic heterocycles. The van der Waals surface area contributed by atoms with Crippen molar-refractivity contribution in [2.24, 2.45) is 0 Å². The first kappa shape index (κ1) is 14.2. The van der Waals surface area contributed by atoms with Crippen molar-refractivity contribution in [3.05, 3.63) is 34.9 Å². The lowest BCUT2D eigenvalue weighted by Gasteiger charge is -2.22. The number of amides is 1. The number of benzene rings is 1. The van der Waals surface area contributed by atoms with Gasteiger partial charge in [0.25, 0.3) is 5.91 Å². The second kappa shape index (κ2) is 6.80. The quantitative estimate of drug-likeness (QED) is 0.761. The summed E-state index contributed by atoms with van der Waals surface area (Å²) in [5, 5.41) is 0.823. The Hall–Kier alpha value is -0.830. The van der Waals surface area contributed by atoms with Gasteiger partial charge in [0.05, 0.1) is 0 Å². The number of hydrogen-bond acceptors (Lipinski definition) is 1. The lowest BCUT2D eigenvalue weighted by Crippen LogP contribution is -2.33. The van der Waals surface area contributed by atoms with Gasteiger partial charge in [-0.1, -0.05) is 40.5 Å². The zero-order valence-electron chi connectivity index (χ0n) is 10.8. The van der Waals surface area contributed by atoms with Gasteiger partial charge in [0.15, 0.2) is 0 Å². The van der Waals surface area contributed by atoms with Crippen molar-refractivity contribution in [1.82, 2.24) is 4.90 Å². The monoisotopic (exact) mass is 297 g/mol. The molecule has 2 nitrogen and oxygen atoms in total. The molecule has 0 heterocycles. The molecule has 0 unspecified atom stereocenters. The van der Waals surface area contributed by atoms with E-state index in [0.717, 1.165) is 41.5 Å². The smallest absolute Gasteiger partial charge is 0.254 e. The Labute approximate surface area is 112 Å².